The van der Waals surface area contributed by atoms with E-state index in [9.17, 15) is 0 Å². The minimum atomic E-state index is 1.13. The highest BCUT2D eigenvalue weighted by molar-refractivity contribution is 9.10. The van der Waals surface area contributed by atoms with Crippen molar-refractivity contribution >= 4 is 27.9 Å². The molecule has 0 radical (unpaired) electrons. The highest BCUT2D eigenvalue weighted by Crippen LogP contribution is 2.21. The van der Waals surface area contributed by atoms with Gasteiger partial charge in [0, 0.05) is 9.37 Å². The fourth-order valence-electron chi connectivity index (χ4n) is 0.880. The summed E-state index contributed by atoms with van der Waals surface area (Å²) in [5.74, 6) is 0. The SMILES string of the molecule is CNSc1cc(C)cc(Br)c1. The van der Waals surface area contributed by atoms with Crippen molar-refractivity contribution in [1.82, 2.24) is 4.72 Å². The Hall–Kier alpha value is 0.01000. The molecule has 0 aliphatic heterocycles. The van der Waals surface area contributed by atoms with Crippen LogP contribution in [0.5, 0.6) is 0 Å². The highest BCUT2D eigenvalue weighted by Gasteiger charge is 1.94. The van der Waals surface area contributed by atoms with Gasteiger partial charge in [-0.05, 0) is 49.7 Å². The first-order valence-corrected chi connectivity index (χ1v) is 4.94. The molecule has 1 nitrogen and oxygen atoms in total. The lowest BCUT2D eigenvalue weighted by molar-refractivity contribution is 1.26. The summed E-state index contributed by atoms with van der Waals surface area (Å²) in [7, 11) is 1.92. The third-order valence-corrected chi connectivity index (χ3v) is 2.37. The van der Waals surface area contributed by atoms with Gasteiger partial charge in [0.15, 0.2) is 0 Å². The Morgan fingerprint density at radius 3 is 2.64 bits per heavy atom. The van der Waals surface area contributed by atoms with Crippen LogP contribution in [0, 0.1) is 6.92 Å². The van der Waals surface area contributed by atoms with Crippen LogP contribution < -0.4 is 4.72 Å². The molecule has 1 N–H and O–H groups in total. The lowest BCUT2D eigenvalue weighted by atomic mass is 10.2. The Morgan fingerprint density at radius 2 is 2.09 bits per heavy atom. The van der Waals surface area contributed by atoms with E-state index in [0.717, 1.165) is 4.47 Å². The molecule has 0 heterocycles. The summed E-state index contributed by atoms with van der Waals surface area (Å²) in [5, 5.41) is 0. The lowest BCUT2D eigenvalue weighted by Gasteiger charge is -2.01. The molecule has 0 unspecified atom stereocenters. The zero-order valence-electron chi connectivity index (χ0n) is 6.52. The second kappa shape index (κ2) is 4.14. The minimum Gasteiger partial charge on any atom is -0.263 e. The largest absolute Gasteiger partial charge is 0.263 e. The van der Waals surface area contributed by atoms with Crippen molar-refractivity contribution in [2.45, 2.75) is 11.8 Å². The Balaban J connectivity index is 2.89. The molecule has 0 aromatic heterocycles. The quantitative estimate of drug-likeness (QED) is 0.786. The predicted molar refractivity (Wildman–Crippen MR) is 53.8 cm³/mol. The van der Waals surface area contributed by atoms with Gasteiger partial charge in [0.1, 0.15) is 0 Å². The van der Waals surface area contributed by atoms with Crippen LogP contribution in [0.15, 0.2) is 27.6 Å². The van der Waals surface area contributed by atoms with Crippen molar-refractivity contribution in [3.63, 3.8) is 0 Å². The molecule has 0 saturated heterocycles. The predicted octanol–water partition coefficient (Wildman–Crippen LogP) is 2.98. The Labute approximate surface area is 79.8 Å². The first-order chi connectivity index (χ1) is 5.22. The van der Waals surface area contributed by atoms with E-state index in [0.29, 0.717) is 0 Å². The Bertz CT molecular complexity index is 230. The van der Waals surface area contributed by atoms with Crippen LogP contribution in [0.25, 0.3) is 0 Å². The second-order valence-corrected chi connectivity index (χ2v) is 4.27. The van der Waals surface area contributed by atoms with Crippen LogP contribution in [0.2, 0.25) is 0 Å². The molecule has 0 aliphatic rings. The van der Waals surface area contributed by atoms with Crippen molar-refractivity contribution in [2.75, 3.05) is 7.05 Å². The van der Waals surface area contributed by atoms with E-state index < -0.39 is 0 Å². The standard InChI is InChI=1S/C8H10BrNS/c1-6-3-7(9)5-8(4-6)11-10-2/h3-5,10H,1-2H3. The lowest BCUT2D eigenvalue weighted by Crippen LogP contribution is -1.90. The highest BCUT2D eigenvalue weighted by atomic mass is 79.9. The number of halogens is 1. The van der Waals surface area contributed by atoms with Gasteiger partial charge in [-0.15, -0.1) is 0 Å². The maximum Gasteiger partial charge on any atom is 0.0241 e. The van der Waals surface area contributed by atoms with Gasteiger partial charge < -0.3 is 0 Å². The summed E-state index contributed by atoms with van der Waals surface area (Å²) in [6.07, 6.45) is 0. The van der Waals surface area contributed by atoms with Crippen molar-refractivity contribution in [2.24, 2.45) is 0 Å². The van der Waals surface area contributed by atoms with Crippen molar-refractivity contribution in [1.29, 1.82) is 0 Å². The van der Waals surface area contributed by atoms with E-state index in [-0.39, 0.29) is 0 Å². The molecule has 3 heteroatoms. The van der Waals surface area contributed by atoms with Crippen LogP contribution in [-0.2, 0) is 0 Å². The molecule has 0 bridgehead atoms. The third kappa shape index (κ3) is 2.85. The monoisotopic (exact) mass is 231 g/mol. The summed E-state index contributed by atoms with van der Waals surface area (Å²) in [4.78, 5) is 1.24. The zero-order chi connectivity index (χ0) is 8.27. The van der Waals surface area contributed by atoms with Crippen molar-refractivity contribution in [3.05, 3.63) is 28.2 Å². The molecule has 1 aromatic carbocycles. The van der Waals surface area contributed by atoms with Crippen LogP contribution in [0.4, 0.5) is 0 Å². The van der Waals surface area contributed by atoms with Gasteiger partial charge in [-0.2, -0.15) is 0 Å². The average molecular weight is 232 g/mol. The van der Waals surface area contributed by atoms with Crippen LogP contribution in [0.1, 0.15) is 5.56 Å². The van der Waals surface area contributed by atoms with Gasteiger partial charge in [0.25, 0.3) is 0 Å². The molecule has 60 valence electrons. The normalized spacial score (nSPS) is 10.1. The summed E-state index contributed by atoms with van der Waals surface area (Å²) in [6, 6.07) is 6.33. The number of nitrogens with one attached hydrogen (secondary N) is 1. The molecular weight excluding hydrogens is 222 g/mol. The van der Waals surface area contributed by atoms with Gasteiger partial charge in [-0.25, -0.2) is 0 Å². The topological polar surface area (TPSA) is 12.0 Å². The van der Waals surface area contributed by atoms with Gasteiger partial charge in [0.05, 0.1) is 0 Å². The van der Waals surface area contributed by atoms with Gasteiger partial charge in [-0.3, -0.25) is 4.72 Å². The number of hydrogen-bond donors (Lipinski definition) is 1. The number of aryl methyl sites for hydroxylation is 1. The van der Waals surface area contributed by atoms with E-state index in [2.05, 4.69) is 45.8 Å². The molecule has 0 aliphatic carbocycles. The molecule has 0 atom stereocenters. The fraction of sp³-hybridized carbons (Fsp3) is 0.250. The second-order valence-electron chi connectivity index (χ2n) is 2.27. The van der Waals surface area contributed by atoms with Crippen LogP contribution >= 0.6 is 27.9 Å². The maximum atomic E-state index is 3.44. The smallest absolute Gasteiger partial charge is 0.0241 e. The summed E-state index contributed by atoms with van der Waals surface area (Å²) in [6.45, 7) is 2.09. The minimum absolute atomic E-state index is 1.13. The van der Waals surface area contributed by atoms with E-state index in [1.807, 2.05) is 7.05 Å². The molecule has 0 saturated carbocycles. The number of benzene rings is 1. The van der Waals surface area contributed by atoms with Crippen molar-refractivity contribution in [3.8, 4) is 0 Å². The third-order valence-electron chi connectivity index (χ3n) is 1.24. The molecule has 1 aromatic rings. The fourth-order valence-corrected chi connectivity index (χ4v) is 2.31. The number of hydrogen-bond acceptors (Lipinski definition) is 2. The number of rotatable bonds is 2. The maximum absolute atomic E-state index is 3.44. The molecule has 0 amide bonds. The first-order valence-electron chi connectivity index (χ1n) is 3.33. The van der Waals surface area contributed by atoms with Gasteiger partial charge in [-0.1, -0.05) is 15.9 Å². The molecular formula is C8H10BrNS. The average Bonchev–Trinajstić information content (AvgIpc) is 1.85. The van der Waals surface area contributed by atoms with Gasteiger partial charge in [0.2, 0.25) is 0 Å². The van der Waals surface area contributed by atoms with E-state index in [1.54, 1.807) is 11.9 Å². The molecule has 1 rings (SSSR count). The first kappa shape index (κ1) is 9.10. The molecule has 0 fully saturated rings. The summed E-state index contributed by atoms with van der Waals surface area (Å²) in [5.41, 5.74) is 1.28. The molecule has 11 heavy (non-hydrogen) atoms. The van der Waals surface area contributed by atoms with E-state index in [4.69, 9.17) is 0 Å². The Kier molecular flexibility index (Phi) is 3.43. The summed E-state index contributed by atoms with van der Waals surface area (Å²) < 4.78 is 4.17. The van der Waals surface area contributed by atoms with Crippen LogP contribution in [0.3, 0.4) is 0 Å². The van der Waals surface area contributed by atoms with Crippen LogP contribution in [-0.4, -0.2) is 7.05 Å². The van der Waals surface area contributed by atoms with E-state index in [1.165, 1.54) is 10.5 Å². The Morgan fingerprint density at radius 1 is 1.36 bits per heavy atom. The summed E-state index contributed by atoms with van der Waals surface area (Å²) >= 11 is 5.07. The molecule has 0 spiro atoms. The van der Waals surface area contributed by atoms with Crippen molar-refractivity contribution < 1.29 is 0 Å². The zero-order valence-corrected chi connectivity index (χ0v) is 8.92. The van der Waals surface area contributed by atoms with Gasteiger partial charge >= 0.3 is 0 Å². The van der Waals surface area contributed by atoms with E-state index >= 15 is 0 Å².